The molecule has 0 saturated heterocycles. The van der Waals surface area contributed by atoms with E-state index in [1.807, 2.05) is 0 Å². The molecule has 0 aromatic heterocycles. The summed E-state index contributed by atoms with van der Waals surface area (Å²) >= 11 is 0. The fourth-order valence-corrected chi connectivity index (χ4v) is 2.03. The number of rotatable bonds is 7. The van der Waals surface area contributed by atoms with Crippen molar-refractivity contribution >= 4 is 11.6 Å². The second-order valence-electron chi connectivity index (χ2n) is 5.16. The molecule has 0 atom stereocenters. The number of carbonyl (C=O) groups excluding carboxylic acids is 2. The molecule has 0 fully saturated rings. The van der Waals surface area contributed by atoms with Crippen LogP contribution in [0.25, 0.3) is 0 Å². The maximum Gasteiger partial charge on any atom is 0.270 e. The van der Waals surface area contributed by atoms with Crippen molar-refractivity contribution < 1.29 is 46.7 Å². The summed E-state index contributed by atoms with van der Waals surface area (Å²) in [6.07, 6.45) is 9.58. The van der Waals surface area contributed by atoms with Crippen molar-refractivity contribution in [2.24, 2.45) is 0 Å². The first-order chi connectivity index (χ1) is 12.4. The van der Waals surface area contributed by atoms with E-state index in [2.05, 4.69) is 10.6 Å². The zero-order chi connectivity index (χ0) is 19.1. The smallest absolute Gasteiger partial charge is 0.270 e. The van der Waals surface area contributed by atoms with E-state index >= 15 is 0 Å². The van der Waals surface area contributed by atoms with Crippen molar-refractivity contribution in [3.63, 3.8) is 0 Å². The molecule has 0 aromatic rings. The van der Waals surface area contributed by atoms with Crippen LogP contribution in [0.15, 0.2) is 71.4 Å². The molecule has 0 saturated carbocycles. The van der Waals surface area contributed by atoms with Gasteiger partial charge in [-0.1, -0.05) is 0 Å². The van der Waals surface area contributed by atoms with Crippen LogP contribution in [-0.4, -0.2) is 34.5 Å². The molecule has 0 radical (unpaired) electrons. The van der Waals surface area contributed by atoms with Crippen LogP contribution < -0.4 is 10.6 Å². The average molecular weight is 471 g/mol. The maximum absolute atomic E-state index is 11.6. The normalized spacial score (nSPS) is 18.7. The number of nitrogens with one attached hydrogen (secondary N) is 2. The fraction of sp³-hybridized carbons (Fsp3) is 0.125. The first-order valence-electron chi connectivity index (χ1n) is 7.42. The zero-order valence-electron chi connectivity index (χ0n) is 14.1. The van der Waals surface area contributed by atoms with Gasteiger partial charge in [-0.3, -0.25) is 29.8 Å². The van der Waals surface area contributed by atoms with Crippen LogP contribution in [0.3, 0.4) is 0 Å². The molecule has 0 heterocycles. The number of allylic oxidation sites excluding steroid dienone is 8. The second-order valence-corrected chi connectivity index (χ2v) is 5.16. The molecule has 27 heavy (non-hydrogen) atoms. The van der Waals surface area contributed by atoms with Gasteiger partial charge in [-0.2, -0.15) is 0 Å². The van der Waals surface area contributed by atoms with E-state index < -0.39 is 9.85 Å². The number of nitro groups is 2. The average Bonchev–Trinajstić information content (AvgIpc) is 2.60. The van der Waals surface area contributed by atoms with Crippen LogP contribution in [0.4, 0.5) is 0 Å². The number of hydrogen-bond donors (Lipinski definition) is 2. The van der Waals surface area contributed by atoms with E-state index in [1.165, 1.54) is 24.6 Å². The minimum absolute atomic E-state index is 0. The summed E-state index contributed by atoms with van der Waals surface area (Å²) in [4.78, 5) is 43.4. The third-order valence-corrected chi connectivity index (χ3v) is 3.34. The predicted octanol–water partition coefficient (Wildman–Crippen LogP) is 0.530. The summed E-state index contributed by atoms with van der Waals surface area (Å²) in [5, 5.41) is 27.0. The maximum atomic E-state index is 11.6. The van der Waals surface area contributed by atoms with Crippen LogP contribution in [-0.2, 0) is 36.9 Å². The summed E-state index contributed by atoms with van der Waals surface area (Å²) < 4.78 is 0. The van der Waals surface area contributed by atoms with Gasteiger partial charge >= 0.3 is 0 Å². The van der Waals surface area contributed by atoms with E-state index in [4.69, 9.17) is 0 Å². The third-order valence-electron chi connectivity index (χ3n) is 3.34. The van der Waals surface area contributed by atoms with Crippen LogP contribution in [0, 0.1) is 20.2 Å². The molecule has 0 bridgehead atoms. The summed E-state index contributed by atoms with van der Waals surface area (Å²) in [6, 6.07) is 0. The van der Waals surface area contributed by atoms with Gasteiger partial charge < -0.3 is 10.6 Å². The van der Waals surface area contributed by atoms with Crippen molar-refractivity contribution in [3.8, 4) is 0 Å². The van der Waals surface area contributed by atoms with Crippen molar-refractivity contribution in [2.75, 3.05) is 13.1 Å². The van der Waals surface area contributed by atoms with Gasteiger partial charge in [0.1, 0.15) is 0 Å². The third kappa shape index (κ3) is 6.40. The quantitative estimate of drug-likeness (QED) is 0.180. The Morgan fingerprint density at radius 1 is 0.778 bits per heavy atom. The molecule has 2 aliphatic carbocycles. The SMILES string of the molecule is O=C1C=CC([N+](=O)[O-])=C/C1=C/NCCN/C=C1/C=C([N+](=O)[O-])C=CC1=O.[Cd]. The van der Waals surface area contributed by atoms with Gasteiger partial charge in [0, 0.05) is 88.2 Å². The van der Waals surface area contributed by atoms with Crippen LogP contribution in [0.5, 0.6) is 0 Å². The molecule has 0 amide bonds. The molecule has 11 heteroatoms. The van der Waals surface area contributed by atoms with Gasteiger partial charge in [-0.25, -0.2) is 0 Å². The molecule has 0 unspecified atom stereocenters. The largest absolute Gasteiger partial charge is 0.389 e. The van der Waals surface area contributed by atoms with Gasteiger partial charge in [0.25, 0.3) is 11.4 Å². The molecule has 0 aliphatic heterocycles. The minimum Gasteiger partial charge on any atom is -0.389 e. The van der Waals surface area contributed by atoms with Crippen LogP contribution >= 0.6 is 0 Å². The topological polar surface area (TPSA) is 144 Å². The predicted molar refractivity (Wildman–Crippen MR) is 90.6 cm³/mol. The number of ketones is 2. The Kier molecular flexibility index (Phi) is 8.45. The molecule has 0 spiro atoms. The summed E-state index contributed by atoms with van der Waals surface area (Å²) in [5.74, 6) is -0.703. The molecule has 2 rings (SSSR count). The zero-order valence-corrected chi connectivity index (χ0v) is 18.1. The first kappa shape index (κ1) is 22.1. The molecule has 0 aromatic carbocycles. The van der Waals surface area contributed by atoms with Crippen molar-refractivity contribution in [2.45, 2.75) is 0 Å². The van der Waals surface area contributed by atoms with Gasteiger partial charge in [0.2, 0.25) is 0 Å². The van der Waals surface area contributed by atoms with Crippen molar-refractivity contribution in [1.82, 2.24) is 10.6 Å². The summed E-state index contributed by atoms with van der Waals surface area (Å²) in [6.45, 7) is 0.698. The first-order valence-corrected chi connectivity index (χ1v) is 7.42. The Balaban J connectivity index is 0.00000364. The van der Waals surface area contributed by atoms with Gasteiger partial charge in [-0.15, -0.1) is 0 Å². The monoisotopic (exact) mass is 472 g/mol. The Morgan fingerprint density at radius 2 is 1.15 bits per heavy atom. The molecule has 136 valence electrons. The molecule has 2 N–H and O–H groups in total. The fourth-order valence-electron chi connectivity index (χ4n) is 2.03. The number of hydrogen-bond acceptors (Lipinski definition) is 8. The van der Waals surface area contributed by atoms with Gasteiger partial charge in [0.15, 0.2) is 11.6 Å². The Bertz CT molecular complexity index is 781. The van der Waals surface area contributed by atoms with Crippen LogP contribution in [0.1, 0.15) is 0 Å². The molecule has 2 aliphatic rings. The Labute approximate surface area is 173 Å². The van der Waals surface area contributed by atoms with E-state index in [1.54, 1.807) is 0 Å². The van der Waals surface area contributed by atoms with E-state index in [0.29, 0.717) is 13.1 Å². The van der Waals surface area contributed by atoms with E-state index in [-0.39, 0.29) is 61.4 Å². The standard InChI is InChI=1S/C16H14N4O6.Cd/c21-15-3-1-13(19(23)24)7-11(15)9-17-5-6-18-10-12-8-14(20(25)26)2-4-16(12)22;/h1-4,7-10,17-18H,5-6H2;/b11-9-,12-10-;. The van der Waals surface area contributed by atoms with Crippen molar-refractivity contribution in [3.05, 3.63) is 91.6 Å². The van der Waals surface area contributed by atoms with Crippen molar-refractivity contribution in [1.29, 1.82) is 0 Å². The minimum atomic E-state index is -0.590. The summed E-state index contributed by atoms with van der Waals surface area (Å²) in [7, 11) is 0. The number of carbonyl (C=O) groups is 2. The summed E-state index contributed by atoms with van der Waals surface area (Å²) in [5.41, 5.74) is -0.0528. The van der Waals surface area contributed by atoms with Crippen LogP contribution in [0.2, 0.25) is 0 Å². The van der Waals surface area contributed by atoms with E-state index in [0.717, 1.165) is 24.3 Å². The number of nitrogens with zero attached hydrogens (tertiary/aromatic N) is 2. The molecule has 10 nitrogen and oxygen atoms in total. The van der Waals surface area contributed by atoms with E-state index in [9.17, 15) is 29.8 Å². The molecular formula is C16H14CdN4O6. The van der Waals surface area contributed by atoms with Gasteiger partial charge in [-0.05, 0) is 12.2 Å². The van der Waals surface area contributed by atoms with Gasteiger partial charge in [0.05, 0.1) is 9.85 Å². The molecular weight excluding hydrogens is 457 g/mol. The second kappa shape index (κ2) is 10.3. The Hall–Kier alpha value is -2.90. The Morgan fingerprint density at radius 3 is 1.48 bits per heavy atom.